The average molecular weight is 320 g/mol. The first-order valence-electron chi connectivity index (χ1n) is 8.35. The highest BCUT2D eigenvalue weighted by atomic mass is 16.5. The van der Waals surface area contributed by atoms with Gasteiger partial charge in [0, 0.05) is 12.1 Å². The van der Waals surface area contributed by atoms with Gasteiger partial charge in [-0.15, -0.1) is 0 Å². The summed E-state index contributed by atoms with van der Waals surface area (Å²) >= 11 is 0. The third kappa shape index (κ3) is 4.86. The van der Waals surface area contributed by atoms with E-state index in [-0.39, 0.29) is 12.1 Å². The molecule has 128 valence electrons. The Labute approximate surface area is 138 Å². The Morgan fingerprint density at radius 3 is 2.70 bits per heavy atom. The van der Waals surface area contributed by atoms with Crippen LogP contribution in [0.3, 0.4) is 0 Å². The molecule has 0 aromatic heterocycles. The maximum Gasteiger partial charge on any atom is 0.315 e. The van der Waals surface area contributed by atoms with Gasteiger partial charge in [0.1, 0.15) is 5.75 Å². The van der Waals surface area contributed by atoms with Gasteiger partial charge in [0.25, 0.3) is 0 Å². The van der Waals surface area contributed by atoms with E-state index in [0.29, 0.717) is 6.54 Å². The van der Waals surface area contributed by atoms with Gasteiger partial charge in [-0.2, -0.15) is 0 Å². The van der Waals surface area contributed by atoms with Crippen molar-refractivity contribution in [3.63, 3.8) is 0 Å². The first-order chi connectivity index (χ1) is 10.9. The number of hydrogen-bond donors (Lipinski definition) is 3. The van der Waals surface area contributed by atoms with E-state index in [1.807, 2.05) is 32.0 Å². The number of rotatable bonds is 5. The summed E-state index contributed by atoms with van der Waals surface area (Å²) in [6.07, 6.45) is 4.73. The van der Waals surface area contributed by atoms with Crippen LogP contribution in [0.5, 0.6) is 5.75 Å². The second kappa shape index (κ2) is 7.68. The summed E-state index contributed by atoms with van der Waals surface area (Å²) in [5, 5.41) is 16.1. The molecule has 0 aliphatic heterocycles. The highest BCUT2D eigenvalue weighted by molar-refractivity contribution is 5.74. The van der Waals surface area contributed by atoms with Crippen LogP contribution in [0.1, 0.15) is 56.2 Å². The number of aliphatic hydroxyl groups is 1. The molecule has 1 aromatic carbocycles. The molecule has 0 saturated heterocycles. The predicted octanol–water partition coefficient (Wildman–Crippen LogP) is 3.06. The summed E-state index contributed by atoms with van der Waals surface area (Å²) < 4.78 is 5.36. The molecule has 23 heavy (non-hydrogen) atoms. The van der Waals surface area contributed by atoms with Crippen molar-refractivity contribution < 1.29 is 14.6 Å². The zero-order valence-corrected chi connectivity index (χ0v) is 14.3. The first-order valence-corrected chi connectivity index (χ1v) is 8.35. The van der Waals surface area contributed by atoms with Crippen LogP contribution in [0.2, 0.25) is 0 Å². The molecule has 0 heterocycles. The monoisotopic (exact) mass is 320 g/mol. The van der Waals surface area contributed by atoms with Crippen LogP contribution in [0.25, 0.3) is 0 Å². The second-order valence-electron chi connectivity index (χ2n) is 6.58. The zero-order valence-electron chi connectivity index (χ0n) is 14.3. The highest BCUT2D eigenvalue weighted by Gasteiger charge is 2.29. The Balaban J connectivity index is 1.91. The van der Waals surface area contributed by atoms with Crippen LogP contribution in [0.15, 0.2) is 18.2 Å². The smallest absolute Gasteiger partial charge is 0.315 e. The standard InChI is InChI=1S/C18H28N2O3/c1-13-7-8-16(23-3)15(11-13)14(2)20-17(21)19-12-18(22)9-5-4-6-10-18/h7-8,11,14,22H,4-6,9-10,12H2,1-3H3,(H2,19,20,21). The van der Waals surface area contributed by atoms with E-state index in [4.69, 9.17) is 4.74 Å². The number of methoxy groups -OCH3 is 1. The van der Waals surface area contributed by atoms with Crippen LogP contribution in [-0.4, -0.2) is 30.4 Å². The van der Waals surface area contributed by atoms with Crippen LogP contribution >= 0.6 is 0 Å². The van der Waals surface area contributed by atoms with Crippen LogP contribution < -0.4 is 15.4 Å². The lowest BCUT2D eigenvalue weighted by molar-refractivity contribution is 0.00713. The topological polar surface area (TPSA) is 70.6 Å². The molecular formula is C18H28N2O3. The number of ether oxygens (including phenoxy) is 1. The lowest BCUT2D eigenvalue weighted by Gasteiger charge is -2.32. The predicted molar refractivity (Wildman–Crippen MR) is 90.7 cm³/mol. The summed E-state index contributed by atoms with van der Waals surface area (Å²) in [5.41, 5.74) is 1.31. The Kier molecular flexibility index (Phi) is 5.88. The first kappa shape index (κ1) is 17.6. The Morgan fingerprint density at radius 1 is 1.35 bits per heavy atom. The quantitative estimate of drug-likeness (QED) is 0.781. The minimum Gasteiger partial charge on any atom is -0.496 e. The summed E-state index contributed by atoms with van der Waals surface area (Å²) in [6.45, 7) is 4.23. The van der Waals surface area contributed by atoms with Gasteiger partial charge in [-0.05, 0) is 32.8 Å². The van der Waals surface area contributed by atoms with Gasteiger partial charge in [0.05, 0.1) is 18.8 Å². The van der Waals surface area contributed by atoms with E-state index in [9.17, 15) is 9.90 Å². The van der Waals surface area contributed by atoms with Gasteiger partial charge in [-0.25, -0.2) is 4.79 Å². The molecule has 1 fully saturated rings. The normalized spacial score (nSPS) is 18.1. The molecule has 0 radical (unpaired) electrons. The molecule has 3 N–H and O–H groups in total. The molecular weight excluding hydrogens is 292 g/mol. The average Bonchev–Trinajstić information content (AvgIpc) is 2.53. The maximum absolute atomic E-state index is 12.1. The molecule has 1 aromatic rings. The van der Waals surface area contributed by atoms with Crippen molar-refractivity contribution in [1.29, 1.82) is 0 Å². The van der Waals surface area contributed by atoms with Crippen molar-refractivity contribution in [3.8, 4) is 5.75 Å². The van der Waals surface area contributed by atoms with Gasteiger partial charge in [0.15, 0.2) is 0 Å². The van der Waals surface area contributed by atoms with E-state index in [0.717, 1.165) is 42.6 Å². The molecule has 5 heteroatoms. The summed E-state index contributed by atoms with van der Waals surface area (Å²) in [5.74, 6) is 0.759. The largest absolute Gasteiger partial charge is 0.496 e. The second-order valence-corrected chi connectivity index (χ2v) is 6.58. The third-order valence-corrected chi connectivity index (χ3v) is 4.56. The number of nitrogens with one attached hydrogen (secondary N) is 2. The number of carbonyl (C=O) groups is 1. The summed E-state index contributed by atoms with van der Waals surface area (Å²) in [4.78, 5) is 12.1. The molecule has 2 amide bonds. The molecule has 1 atom stereocenters. The molecule has 0 bridgehead atoms. The highest BCUT2D eigenvalue weighted by Crippen LogP contribution is 2.28. The van der Waals surface area contributed by atoms with Crippen molar-refractivity contribution in [2.75, 3.05) is 13.7 Å². The number of hydrogen-bond acceptors (Lipinski definition) is 3. The van der Waals surface area contributed by atoms with E-state index < -0.39 is 5.60 Å². The summed E-state index contributed by atoms with van der Waals surface area (Å²) in [7, 11) is 1.62. The molecule has 1 aliphatic carbocycles. The van der Waals surface area contributed by atoms with Gasteiger partial charge in [0.2, 0.25) is 0 Å². The molecule has 0 spiro atoms. The van der Waals surface area contributed by atoms with Crippen molar-refractivity contribution in [3.05, 3.63) is 29.3 Å². The van der Waals surface area contributed by atoms with E-state index in [2.05, 4.69) is 10.6 Å². The van der Waals surface area contributed by atoms with Gasteiger partial charge >= 0.3 is 6.03 Å². The Bertz CT molecular complexity index is 539. The fourth-order valence-electron chi connectivity index (χ4n) is 3.15. The minimum absolute atomic E-state index is 0.175. The van der Waals surface area contributed by atoms with Gasteiger partial charge < -0.3 is 20.5 Å². The lowest BCUT2D eigenvalue weighted by Crippen LogP contribution is -2.47. The van der Waals surface area contributed by atoms with Crippen molar-refractivity contribution in [2.24, 2.45) is 0 Å². The number of aryl methyl sites for hydroxylation is 1. The molecule has 1 aliphatic rings. The Morgan fingerprint density at radius 2 is 2.04 bits per heavy atom. The van der Waals surface area contributed by atoms with Crippen molar-refractivity contribution >= 4 is 6.03 Å². The number of carbonyl (C=O) groups excluding carboxylic acids is 1. The zero-order chi connectivity index (χ0) is 16.9. The number of urea groups is 1. The van der Waals surface area contributed by atoms with Crippen LogP contribution in [0.4, 0.5) is 4.79 Å². The fourth-order valence-corrected chi connectivity index (χ4v) is 3.15. The summed E-state index contributed by atoms with van der Waals surface area (Å²) in [6, 6.07) is 5.46. The number of amides is 2. The van der Waals surface area contributed by atoms with Crippen molar-refractivity contribution in [1.82, 2.24) is 10.6 Å². The molecule has 5 nitrogen and oxygen atoms in total. The maximum atomic E-state index is 12.1. The fraction of sp³-hybridized carbons (Fsp3) is 0.611. The Hall–Kier alpha value is -1.75. The van der Waals surface area contributed by atoms with Crippen molar-refractivity contribution in [2.45, 2.75) is 57.6 Å². The molecule has 1 saturated carbocycles. The van der Waals surface area contributed by atoms with E-state index in [1.165, 1.54) is 6.42 Å². The molecule has 2 rings (SSSR count). The van der Waals surface area contributed by atoms with E-state index in [1.54, 1.807) is 7.11 Å². The lowest BCUT2D eigenvalue weighted by atomic mass is 9.85. The van der Waals surface area contributed by atoms with Gasteiger partial charge in [-0.1, -0.05) is 37.0 Å². The number of benzene rings is 1. The minimum atomic E-state index is -0.750. The van der Waals surface area contributed by atoms with Crippen LogP contribution in [-0.2, 0) is 0 Å². The van der Waals surface area contributed by atoms with Gasteiger partial charge in [-0.3, -0.25) is 0 Å². The molecule has 1 unspecified atom stereocenters. The van der Waals surface area contributed by atoms with E-state index >= 15 is 0 Å². The van der Waals surface area contributed by atoms with Crippen LogP contribution in [0, 0.1) is 6.92 Å². The SMILES string of the molecule is COc1ccc(C)cc1C(C)NC(=O)NCC1(O)CCCCC1. The third-order valence-electron chi connectivity index (χ3n) is 4.56.